The predicted molar refractivity (Wildman–Crippen MR) is 34.0 cm³/mol. The van der Waals surface area contributed by atoms with Crippen LogP contribution in [0.2, 0.25) is 0 Å². The van der Waals surface area contributed by atoms with Gasteiger partial charge in [0, 0.05) is 0 Å². The Labute approximate surface area is 58.8 Å². The van der Waals surface area contributed by atoms with Crippen LogP contribution in [0.4, 0.5) is 0 Å². The molecule has 0 bridgehead atoms. The molecule has 0 spiro atoms. The third kappa shape index (κ3) is 1.15. The van der Waals surface area contributed by atoms with E-state index in [0.717, 1.165) is 0 Å². The third-order valence-corrected chi connectivity index (χ3v) is 0.975. The molecule has 0 aliphatic rings. The molecule has 1 aromatic heterocycles. The zero-order valence-corrected chi connectivity index (χ0v) is 5.79. The summed E-state index contributed by atoms with van der Waals surface area (Å²) in [5.74, 6) is 0.728. The Bertz CT molecular complexity index is 192. The Morgan fingerprint density at radius 1 is 1.30 bits per heavy atom. The quantitative estimate of drug-likeness (QED) is 0.590. The first-order valence-corrected chi connectivity index (χ1v) is 2.69. The van der Waals surface area contributed by atoms with Gasteiger partial charge in [-0.15, -0.1) is 0 Å². The van der Waals surface area contributed by atoms with E-state index in [1.165, 1.54) is 20.4 Å². The van der Waals surface area contributed by atoms with Crippen molar-refractivity contribution >= 4 is 0 Å². The van der Waals surface area contributed by atoms with Gasteiger partial charge in [0.25, 0.3) is 11.8 Å². The van der Waals surface area contributed by atoms with E-state index < -0.39 is 0 Å². The van der Waals surface area contributed by atoms with Crippen LogP contribution >= 0.6 is 0 Å². The molecule has 1 heterocycles. The third-order valence-electron chi connectivity index (χ3n) is 0.975. The van der Waals surface area contributed by atoms with Gasteiger partial charge in [-0.2, -0.15) is 0 Å². The van der Waals surface area contributed by atoms with E-state index in [4.69, 9.17) is 9.47 Å². The summed E-state index contributed by atoms with van der Waals surface area (Å²) in [5.41, 5.74) is 0. The highest BCUT2D eigenvalue weighted by molar-refractivity contribution is 5.22. The minimum atomic E-state index is 0.352. The highest BCUT2D eigenvalue weighted by Gasteiger charge is 2.02. The Morgan fingerprint density at radius 3 is 2.50 bits per heavy atom. The number of aromatic nitrogens is 2. The summed E-state index contributed by atoms with van der Waals surface area (Å²) in [6.07, 6.45) is 3.94. The summed E-state index contributed by atoms with van der Waals surface area (Å²) in [6, 6.07) is 0. The van der Waals surface area contributed by atoms with E-state index in [9.17, 15) is 0 Å². The number of methoxy groups -OCH3 is 2. The fraction of sp³-hybridized carbons (Fsp3) is 0.333. The molecule has 0 aliphatic carbocycles. The molecular weight excluding hydrogens is 132 g/mol. The van der Waals surface area contributed by atoms with Crippen LogP contribution < -0.4 is 9.47 Å². The monoisotopic (exact) mass is 139 g/mol. The number of ether oxygens (including phenoxy) is 2. The van der Waals surface area contributed by atoms with Crippen molar-refractivity contribution in [2.24, 2.45) is 0 Å². The smallest absolute Gasteiger partial charge is 0.278 e. The molecule has 0 aliphatic heterocycles. The van der Waals surface area contributed by atoms with E-state index in [1.807, 2.05) is 0 Å². The second-order valence-corrected chi connectivity index (χ2v) is 1.52. The first-order chi connectivity index (χ1) is 4.88. The van der Waals surface area contributed by atoms with Crippen LogP contribution in [0.3, 0.4) is 0 Å². The van der Waals surface area contributed by atoms with Crippen molar-refractivity contribution in [3.8, 4) is 11.8 Å². The molecule has 1 radical (unpaired) electrons. The lowest BCUT2D eigenvalue weighted by molar-refractivity contribution is 0.331. The van der Waals surface area contributed by atoms with Gasteiger partial charge in [-0.3, -0.25) is 0 Å². The summed E-state index contributed by atoms with van der Waals surface area (Å²) in [5, 5.41) is 0. The lowest BCUT2D eigenvalue weighted by atomic mass is 10.7. The van der Waals surface area contributed by atoms with Gasteiger partial charge in [0.2, 0.25) is 0 Å². The van der Waals surface area contributed by atoms with Crippen LogP contribution in [0.25, 0.3) is 0 Å². The summed E-state index contributed by atoms with van der Waals surface area (Å²) in [4.78, 5) is 7.54. The van der Waals surface area contributed by atoms with Crippen LogP contribution in [0, 0.1) is 6.20 Å². The van der Waals surface area contributed by atoms with Gasteiger partial charge in [0.1, 0.15) is 6.20 Å². The highest BCUT2D eigenvalue weighted by atomic mass is 16.5. The molecule has 0 unspecified atom stereocenters. The molecule has 53 valence electrons. The zero-order chi connectivity index (χ0) is 7.40. The van der Waals surface area contributed by atoms with E-state index >= 15 is 0 Å². The zero-order valence-electron chi connectivity index (χ0n) is 5.79. The van der Waals surface area contributed by atoms with Gasteiger partial charge in [0.15, 0.2) is 0 Å². The molecule has 0 aromatic carbocycles. The van der Waals surface area contributed by atoms with Gasteiger partial charge < -0.3 is 9.47 Å². The molecular formula is C6H7N2O2. The molecule has 10 heavy (non-hydrogen) atoms. The molecule has 4 heteroatoms. The number of nitrogens with zero attached hydrogens (tertiary/aromatic N) is 2. The van der Waals surface area contributed by atoms with Crippen molar-refractivity contribution in [3.05, 3.63) is 12.4 Å². The maximum atomic E-state index is 4.82. The second-order valence-electron chi connectivity index (χ2n) is 1.52. The molecule has 4 nitrogen and oxygen atoms in total. The highest BCUT2D eigenvalue weighted by Crippen LogP contribution is 2.17. The Morgan fingerprint density at radius 2 is 2.00 bits per heavy atom. The van der Waals surface area contributed by atoms with Gasteiger partial charge in [-0.1, -0.05) is 0 Å². The minimum absolute atomic E-state index is 0.352. The SMILES string of the molecule is COc1n[c]cnc1OC. The first-order valence-electron chi connectivity index (χ1n) is 2.69. The predicted octanol–water partition coefficient (Wildman–Crippen LogP) is 0.294. The average Bonchev–Trinajstić information content (AvgIpc) is 2.04. The molecule has 1 aromatic rings. The summed E-state index contributed by atoms with van der Waals surface area (Å²) in [6.45, 7) is 0. The van der Waals surface area contributed by atoms with Crippen LogP contribution in [0.1, 0.15) is 0 Å². The van der Waals surface area contributed by atoms with Crippen LogP contribution in [-0.2, 0) is 0 Å². The molecule has 0 N–H and O–H groups in total. The summed E-state index contributed by atoms with van der Waals surface area (Å²) < 4.78 is 9.62. The van der Waals surface area contributed by atoms with Crippen molar-refractivity contribution in [2.45, 2.75) is 0 Å². The lowest BCUT2D eigenvalue weighted by Crippen LogP contribution is -1.94. The average molecular weight is 139 g/mol. The lowest BCUT2D eigenvalue weighted by Gasteiger charge is -2.01. The van der Waals surface area contributed by atoms with E-state index in [-0.39, 0.29) is 0 Å². The maximum Gasteiger partial charge on any atom is 0.278 e. The second kappa shape index (κ2) is 3.00. The first kappa shape index (κ1) is 6.80. The van der Waals surface area contributed by atoms with Gasteiger partial charge >= 0.3 is 0 Å². The largest absolute Gasteiger partial charge is 0.477 e. The van der Waals surface area contributed by atoms with Gasteiger partial charge in [-0.25, -0.2) is 9.97 Å². The van der Waals surface area contributed by atoms with Crippen LogP contribution in [0.5, 0.6) is 11.8 Å². The van der Waals surface area contributed by atoms with Gasteiger partial charge in [0.05, 0.1) is 20.4 Å². The van der Waals surface area contributed by atoms with Crippen molar-refractivity contribution in [1.29, 1.82) is 0 Å². The van der Waals surface area contributed by atoms with E-state index in [2.05, 4.69) is 16.2 Å². The molecule has 0 atom stereocenters. The van der Waals surface area contributed by atoms with Crippen molar-refractivity contribution in [3.63, 3.8) is 0 Å². The van der Waals surface area contributed by atoms with Crippen molar-refractivity contribution in [1.82, 2.24) is 9.97 Å². The van der Waals surface area contributed by atoms with Crippen molar-refractivity contribution in [2.75, 3.05) is 14.2 Å². The molecule has 0 saturated heterocycles. The number of hydrogen-bond acceptors (Lipinski definition) is 4. The standard InChI is InChI=1S/C6H7N2O2/c1-9-5-6(10-2)8-4-3-7-5/h3H,1-2H3. The summed E-state index contributed by atoms with van der Waals surface area (Å²) >= 11 is 0. The molecule has 0 saturated carbocycles. The number of rotatable bonds is 2. The van der Waals surface area contributed by atoms with Gasteiger partial charge in [-0.05, 0) is 0 Å². The van der Waals surface area contributed by atoms with E-state index in [1.54, 1.807) is 0 Å². The summed E-state index contributed by atoms with van der Waals surface area (Å²) in [7, 11) is 3.01. The van der Waals surface area contributed by atoms with Crippen LogP contribution in [-0.4, -0.2) is 24.2 Å². The Hall–Kier alpha value is -1.32. The van der Waals surface area contributed by atoms with E-state index in [0.29, 0.717) is 11.8 Å². The number of hydrogen-bond donors (Lipinski definition) is 0. The fourth-order valence-corrected chi connectivity index (χ4v) is 0.551. The minimum Gasteiger partial charge on any atom is -0.477 e. The molecule has 0 amide bonds. The van der Waals surface area contributed by atoms with Crippen LogP contribution in [0.15, 0.2) is 6.20 Å². The van der Waals surface area contributed by atoms with Crippen molar-refractivity contribution < 1.29 is 9.47 Å². The molecule has 1 rings (SSSR count). The normalized spacial score (nSPS) is 9.00. The topological polar surface area (TPSA) is 44.2 Å². The fourth-order valence-electron chi connectivity index (χ4n) is 0.551. The molecule has 0 fully saturated rings. The Balaban J connectivity index is 2.96. The Kier molecular flexibility index (Phi) is 2.04. The maximum absolute atomic E-state index is 4.82.